The maximum atomic E-state index is 6.04. The fraction of sp³-hybridized carbons (Fsp3) is 0.562. The molecular weight excluding hydrogens is 284 g/mol. The van der Waals surface area contributed by atoms with Gasteiger partial charge >= 0.3 is 0 Å². The third-order valence-corrected chi connectivity index (χ3v) is 4.73. The molecule has 112 valence electrons. The molecule has 3 heterocycles. The second-order valence-electron chi connectivity index (χ2n) is 6.30. The van der Waals surface area contributed by atoms with E-state index in [0.29, 0.717) is 6.04 Å². The monoisotopic (exact) mass is 304 g/mol. The summed E-state index contributed by atoms with van der Waals surface area (Å²) in [6.45, 7) is 3.28. The molecule has 4 nitrogen and oxygen atoms in total. The van der Waals surface area contributed by atoms with Gasteiger partial charge in [0, 0.05) is 37.6 Å². The molecule has 1 N–H and O–H groups in total. The van der Waals surface area contributed by atoms with Crippen LogP contribution >= 0.6 is 11.6 Å². The molecule has 1 aliphatic heterocycles. The van der Waals surface area contributed by atoms with Crippen molar-refractivity contribution in [1.82, 2.24) is 19.6 Å². The molecule has 0 radical (unpaired) electrons. The van der Waals surface area contributed by atoms with Crippen molar-refractivity contribution < 1.29 is 0 Å². The van der Waals surface area contributed by atoms with Crippen LogP contribution in [0.3, 0.4) is 0 Å². The van der Waals surface area contributed by atoms with Crippen LogP contribution in [-0.4, -0.2) is 39.5 Å². The summed E-state index contributed by atoms with van der Waals surface area (Å²) in [5, 5.41) is 4.36. The van der Waals surface area contributed by atoms with Crippen LogP contribution in [0, 0.1) is 0 Å². The zero-order valence-electron chi connectivity index (χ0n) is 12.1. The van der Waals surface area contributed by atoms with Gasteiger partial charge in [0.1, 0.15) is 5.65 Å². The van der Waals surface area contributed by atoms with Crippen molar-refractivity contribution in [2.75, 3.05) is 13.1 Å². The van der Waals surface area contributed by atoms with Crippen molar-refractivity contribution in [3.63, 3.8) is 0 Å². The van der Waals surface area contributed by atoms with Crippen molar-refractivity contribution >= 4 is 17.2 Å². The fourth-order valence-electron chi connectivity index (χ4n) is 3.28. The van der Waals surface area contributed by atoms with E-state index in [1.165, 1.54) is 32.2 Å². The Morgan fingerprint density at radius 2 is 2.19 bits per heavy atom. The smallest absolute Gasteiger partial charge is 0.137 e. The van der Waals surface area contributed by atoms with Gasteiger partial charge in [-0.1, -0.05) is 11.6 Å². The summed E-state index contributed by atoms with van der Waals surface area (Å²) in [7, 11) is 0. The van der Waals surface area contributed by atoms with Crippen molar-refractivity contribution in [3.8, 4) is 0 Å². The third-order valence-electron chi connectivity index (χ3n) is 4.51. The van der Waals surface area contributed by atoms with Crippen molar-refractivity contribution in [3.05, 3.63) is 35.2 Å². The Labute approximate surface area is 130 Å². The van der Waals surface area contributed by atoms with E-state index < -0.39 is 0 Å². The number of pyridine rings is 1. The lowest BCUT2D eigenvalue weighted by atomic mass is 10.2. The van der Waals surface area contributed by atoms with E-state index in [2.05, 4.69) is 16.4 Å². The summed E-state index contributed by atoms with van der Waals surface area (Å²) >= 11 is 6.04. The Balaban J connectivity index is 1.50. The van der Waals surface area contributed by atoms with E-state index >= 15 is 0 Å². The Morgan fingerprint density at radius 3 is 2.95 bits per heavy atom. The number of aromatic nitrogens is 2. The van der Waals surface area contributed by atoms with Crippen LogP contribution in [0.1, 0.15) is 31.4 Å². The first kappa shape index (κ1) is 13.6. The highest BCUT2D eigenvalue weighted by molar-refractivity contribution is 6.30. The maximum Gasteiger partial charge on any atom is 0.137 e. The van der Waals surface area contributed by atoms with Gasteiger partial charge < -0.3 is 9.72 Å². The zero-order chi connectivity index (χ0) is 14.2. The van der Waals surface area contributed by atoms with Crippen LogP contribution in [0.5, 0.6) is 0 Å². The van der Waals surface area contributed by atoms with Gasteiger partial charge in [0.2, 0.25) is 0 Å². The molecule has 2 aromatic rings. The van der Waals surface area contributed by atoms with E-state index in [9.17, 15) is 0 Å². The van der Waals surface area contributed by atoms with Crippen LogP contribution in [0.15, 0.2) is 24.5 Å². The molecule has 0 bridgehead atoms. The first-order valence-electron chi connectivity index (χ1n) is 7.88. The lowest BCUT2D eigenvalue weighted by molar-refractivity contribution is 0.229. The summed E-state index contributed by atoms with van der Waals surface area (Å²) < 4.78 is 2.02. The van der Waals surface area contributed by atoms with E-state index in [-0.39, 0.29) is 0 Å². The molecular formula is C16H21ClN4. The summed E-state index contributed by atoms with van der Waals surface area (Å²) in [6, 6.07) is 5.30. The second kappa shape index (κ2) is 5.59. The van der Waals surface area contributed by atoms with Gasteiger partial charge in [0.05, 0.1) is 10.7 Å². The summed E-state index contributed by atoms with van der Waals surface area (Å²) in [4.78, 5) is 7.32. The Kier molecular flexibility index (Phi) is 3.61. The number of fused-ring (bicyclic) bond motifs is 1. The van der Waals surface area contributed by atoms with Crippen LogP contribution in [0.25, 0.3) is 5.65 Å². The number of nitrogens with zero attached hydrogens (tertiary/aromatic N) is 3. The molecule has 1 unspecified atom stereocenters. The van der Waals surface area contributed by atoms with Gasteiger partial charge in [0.15, 0.2) is 0 Å². The van der Waals surface area contributed by atoms with E-state index in [1.54, 1.807) is 0 Å². The van der Waals surface area contributed by atoms with Crippen molar-refractivity contribution in [2.24, 2.45) is 0 Å². The molecule has 1 aliphatic carbocycles. The van der Waals surface area contributed by atoms with E-state index in [4.69, 9.17) is 16.6 Å². The molecule has 2 fully saturated rings. The molecule has 4 rings (SSSR count). The SMILES string of the molecule is Clc1ccc2nc(CN(CC3CCCN3)C3CC3)cn2c1. The molecule has 0 spiro atoms. The summed E-state index contributed by atoms with van der Waals surface area (Å²) in [5.74, 6) is 0. The van der Waals surface area contributed by atoms with Crippen molar-refractivity contribution in [1.29, 1.82) is 0 Å². The van der Waals surface area contributed by atoms with Gasteiger partial charge in [-0.15, -0.1) is 0 Å². The first-order valence-corrected chi connectivity index (χ1v) is 8.26. The van der Waals surface area contributed by atoms with Crippen LogP contribution in [-0.2, 0) is 6.54 Å². The minimum Gasteiger partial charge on any atom is -0.313 e. The van der Waals surface area contributed by atoms with Gasteiger partial charge in [0.25, 0.3) is 0 Å². The summed E-state index contributed by atoms with van der Waals surface area (Å²) in [6.07, 6.45) is 9.34. The molecule has 0 aromatic carbocycles. The van der Waals surface area contributed by atoms with E-state index in [1.807, 2.05) is 22.7 Å². The number of halogens is 1. The molecule has 2 aliphatic rings. The highest BCUT2D eigenvalue weighted by atomic mass is 35.5. The number of hydrogen-bond acceptors (Lipinski definition) is 3. The predicted octanol–water partition coefficient (Wildman–Crippen LogP) is 2.70. The van der Waals surface area contributed by atoms with Crippen molar-refractivity contribution in [2.45, 2.75) is 44.3 Å². The topological polar surface area (TPSA) is 32.6 Å². The molecule has 1 saturated heterocycles. The fourth-order valence-corrected chi connectivity index (χ4v) is 3.45. The zero-order valence-corrected chi connectivity index (χ0v) is 12.9. The van der Waals surface area contributed by atoms with E-state index in [0.717, 1.165) is 35.5 Å². The second-order valence-corrected chi connectivity index (χ2v) is 6.74. The Hall–Kier alpha value is -1.10. The third kappa shape index (κ3) is 3.07. The molecule has 2 aromatic heterocycles. The predicted molar refractivity (Wildman–Crippen MR) is 84.7 cm³/mol. The lowest BCUT2D eigenvalue weighted by Crippen LogP contribution is -2.38. The van der Waals surface area contributed by atoms with Gasteiger partial charge in [-0.25, -0.2) is 4.98 Å². The number of rotatable bonds is 5. The largest absolute Gasteiger partial charge is 0.313 e. The minimum atomic E-state index is 0.664. The molecule has 5 heteroatoms. The highest BCUT2D eigenvalue weighted by Gasteiger charge is 2.31. The average Bonchev–Trinajstić information content (AvgIpc) is 3.04. The molecule has 0 amide bonds. The van der Waals surface area contributed by atoms with Gasteiger partial charge in [-0.05, 0) is 44.4 Å². The van der Waals surface area contributed by atoms with Gasteiger partial charge in [-0.2, -0.15) is 0 Å². The summed E-state index contributed by atoms with van der Waals surface area (Å²) in [5.41, 5.74) is 2.12. The molecule has 1 atom stereocenters. The number of hydrogen-bond donors (Lipinski definition) is 1. The Bertz CT molecular complexity index is 628. The standard InChI is InChI=1S/C16H21ClN4/c17-12-3-6-16-19-14(11-21(16)8-12)10-20(15-4-5-15)9-13-2-1-7-18-13/h3,6,8,11,13,15,18H,1-2,4-5,7,9-10H2. The normalized spacial score (nSPS) is 22.5. The number of nitrogens with one attached hydrogen (secondary N) is 1. The minimum absolute atomic E-state index is 0.664. The molecule has 21 heavy (non-hydrogen) atoms. The van der Waals surface area contributed by atoms with Gasteiger partial charge in [-0.3, -0.25) is 4.90 Å². The quantitative estimate of drug-likeness (QED) is 0.922. The van der Waals surface area contributed by atoms with Crippen LogP contribution in [0.4, 0.5) is 0 Å². The number of imidazole rings is 1. The Morgan fingerprint density at radius 1 is 1.29 bits per heavy atom. The van der Waals surface area contributed by atoms with Crippen LogP contribution < -0.4 is 5.32 Å². The lowest BCUT2D eigenvalue weighted by Gasteiger charge is -2.24. The molecule has 1 saturated carbocycles. The average molecular weight is 305 g/mol. The first-order chi connectivity index (χ1) is 10.3. The maximum absolute atomic E-state index is 6.04. The highest BCUT2D eigenvalue weighted by Crippen LogP contribution is 2.29. The van der Waals surface area contributed by atoms with Crippen LogP contribution in [0.2, 0.25) is 5.02 Å².